The number of carbonyl (C=O) groups is 3. The van der Waals surface area contributed by atoms with Gasteiger partial charge in [-0.05, 0) is 43.4 Å². The van der Waals surface area contributed by atoms with Crippen LogP contribution < -0.4 is 11.1 Å². The molecular formula is C25H25ClFN5O4. The Hall–Kier alpha value is -3.66. The number of rotatable bonds is 6. The number of nitrogens with one attached hydrogen (secondary N) is 1. The van der Waals surface area contributed by atoms with E-state index in [2.05, 4.69) is 10.4 Å². The first kappa shape index (κ1) is 24.1. The average molecular weight is 514 g/mol. The average Bonchev–Trinajstić information content (AvgIpc) is 3.53. The van der Waals surface area contributed by atoms with Gasteiger partial charge in [-0.25, -0.2) is 4.39 Å². The first-order valence-corrected chi connectivity index (χ1v) is 12.1. The van der Waals surface area contributed by atoms with Crippen LogP contribution in [0, 0.1) is 11.7 Å². The molecule has 1 aliphatic carbocycles. The largest absolute Gasteiger partial charge is 0.508 e. The van der Waals surface area contributed by atoms with Crippen molar-refractivity contribution in [3.8, 4) is 5.75 Å². The monoisotopic (exact) mass is 513 g/mol. The van der Waals surface area contributed by atoms with Gasteiger partial charge >= 0.3 is 0 Å². The summed E-state index contributed by atoms with van der Waals surface area (Å²) in [6, 6.07) is 8.14. The molecular weight excluding hydrogens is 489 g/mol. The number of aromatic nitrogens is 2. The maximum atomic E-state index is 14.3. The van der Waals surface area contributed by atoms with Gasteiger partial charge in [0, 0.05) is 29.6 Å². The van der Waals surface area contributed by atoms with Crippen molar-refractivity contribution in [3.63, 3.8) is 0 Å². The second-order valence-corrected chi connectivity index (χ2v) is 9.72. The highest BCUT2D eigenvalue weighted by molar-refractivity contribution is 6.30. The number of aromatic hydroxyl groups is 1. The number of nitrogens with zero attached hydrogens (tertiary/aromatic N) is 3. The summed E-state index contributed by atoms with van der Waals surface area (Å²) < 4.78 is 15.6. The topological polar surface area (TPSA) is 131 Å². The summed E-state index contributed by atoms with van der Waals surface area (Å²) in [5.74, 6) is -1.88. The Morgan fingerprint density at radius 1 is 1.22 bits per heavy atom. The van der Waals surface area contributed by atoms with E-state index in [-0.39, 0.29) is 58.9 Å². The van der Waals surface area contributed by atoms with Crippen LogP contribution in [0.3, 0.4) is 0 Å². The van der Waals surface area contributed by atoms with Gasteiger partial charge in [0.1, 0.15) is 24.2 Å². The molecule has 0 unspecified atom stereocenters. The van der Waals surface area contributed by atoms with E-state index in [0.29, 0.717) is 17.3 Å². The predicted octanol–water partition coefficient (Wildman–Crippen LogP) is 2.72. The number of hydrogen-bond acceptors (Lipinski definition) is 5. The molecule has 5 rings (SSSR count). The van der Waals surface area contributed by atoms with Crippen LogP contribution in [0.2, 0.25) is 5.02 Å². The van der Waals surface area contributed by atoms with E-state index >= 15 is 0 Å². The molecule has 1 aromatic heterocycles. The number of phenolic OH excluding ortho intramolecular Hbond substituents is 1. The summed E-state index contributed by atoms with van der Waals surface area (Å²) in [4.78, 5) is 40.3. The van der Waals surface area contributed by atoms with Crippen molar-refractivity contribution in [3.05, 3.63) is 58.5 Å². The molecule has 2 aromatic carbocycles. The van der Waals surface area contributed by atoms with Gasteiger partial charge in [0.25, 0.3) is 5.91 Å². The van der Waals surface area contributed by atoms with Crippen molar-refractivity contribution >= 4 is 40.2 Å². The number of amides is 3. The Balaban J connectivity index is 1.39. The normalized spacial score (nSPS) is 21.1. The standard InChI is InChI=1S/C25H25ClFN5O4/c26-17-5-1-4-14(22(17)27)11-29-25(36)20-9-13-3-2-6-18(13)32(20)21(34)12-31-19-10-15(33)7-8-16(19)23(30-31)24(28)35/h1,4-5,7-8,10,13,18,20,33H,2-3,6,9,11-12H2,(H2,28,35)(H,29,36)/t13-,18-,20+/m1/s1. The molecule has 3 aromatic rings. The van der Waals surface area contributed by atoms with Crippen LogP contribution in [0.25, 0.3) is 10.9 Å². The third kappa shape index (κ3) is 4.26. The van der Waals surface area contributed by atoms with Crippen LogP contribution in [-0.4, -0.2) is 49.6 Å². The highest BCUT2D eigenvalue weighted by Gasteiger charge is 2.48. The van der Waals surface area contributed by atoms with Crippen LogP contribution in [0.1, 0.15) is 41.7 Å². The summed E-state index contributed by atoms with van der Waals surface area (Å²) in [6.45, 7) is -0.284. The minimum absolute atomic E-state index is 0.00388. The Bertz CT molecular complexity index is 1380. The molecule has 9 nitrogen and oxygen atoms in total. The highest BCUT2D eigenvalue weighted by atomic mass is 35.5. The molecule has 188 valence electrons. The van der Waals surface area contributed by atoms with E-state index in [9.17, 15) is 23.9 Å². The molecule has 2 heterocycles. The molecule has 4 N–H and O–H groups in total. The van der Waals surface area contributed by atoms with Gasteiger partial charge in [-0.15, -0.1) is 0 Å². The van der Waals surface area contributed by atoms with Crippen LogP contribution in [-0.2, 0) is 22.7 Å². The summed E-state index contributed by atoms with van der Waals surface area (Å²) in [5, 5.41) is 17.3. The summed E-state index contributed by atoms with van der Waals surface area (Å²) in [5.41, 5.74) is 6.10. The van der Waals surface area contributed by atoms with Gasteiger partial charge in [0.05, 0.1) is 10.5 Å². The van der Waals surface area contributed by atoms with Crippen molar-refractivity contribution in [2.24, 2.45) is 11.7 Å². The third-order valence-corrected chi connectivity index (χ3v) is 7.46. The molecule has 11 heteroatoms. The number of nitrogens with two attached hydrogens (primary N) is 1. The van der Waals surface area contributed by atoms with Crippen molar-refractivity contribution in [1.29, 1.82) is 0 Å². The molecule has 2 aliphatic rings. The number of fused-ring (bicyclic) bond motifs is 2. The van der Waals surface area contributed by atoms with Gasteiger partial charge in [-0.2, -0.15) is 5.10 Å². The van der Waals surface area contributed by atoms with E-state index in [1.807, 2.05) is 0 Å². The molecule has 1 saturated heterocycles. The SMILES string of the molecule is NC(=O)c1nn(CC(=O)N2[C@@H]3CCC[C@@H]3C[C@H]2C(=O)NCc2cccc(Cl)c2F)c2cc(O)ccc12. The van der Waals surface area contributed by atoms with E-state index in [4.69, 9.17) is 17.3 Å². The Kier molecular flexibility index (Phi) is 6.29. The van der Waals surface area contributed by atoms with Crippen molar-refractivity contribution in [2.75, 3.05) is 0 Å². The van der Waals surface area contributed by atoms with E-state index < -0.39 is 17.8 Å². The van der Waals surface area contributed by atoms with Crippen molar-refractivity contribution in [1.82, 2.24) is 20.0 Å². The Labute approximate surface area is 211 Å². The first-order valence-electron chi connectivity index (χ1n) is 11.8. The molecule has 3 atom stereocenters. The maximum absolute atomic E-state index is 14.3. The lowest BCUT2D eigenvalue weighted by molar-refractivity contribution is -0.141. The van der Waals surface area contributed by atoms with E-state index in [0.717, 1.165) is 19.3 Å². The number of halogens is 2. The molecule has 0 spiro atoms. The number of likely N-dealkylation sites (tertiary alicyclic amines) is 1. The lowest BCUT2D eigenvalue weighted by atomic mass is 10.0. The van der Waals surface area contributed by atoms with Gasteiger partial charge in [-0.3, -0.25) is 19.1 Å². The van der Waals surface area contributed by atoms with Gasteiger partial charge < -0.3 is 21.1 Å². The first-order chi connectivity index (χ1) is 17.2. The van der Waals surface area contributed by atoms with Crippen LogP contribution in [0.5, 0.6) is 5.75 Å². The smallest absolute Gasteiger partial charge is 0.269 e. The van der Waals surface area contributed by atoms with Crippen molar-refractivity contribution in [2.45, 2.75) is 50.9 Å². The maximum Gasteiger partial charge on any atom is 0.269 e. The lowest BCUT2D eigenvalue weighted by Gasteiger charge is -2.29. The van der Waals surface area contributed by atoms with Gasteiger partial charge in [0.2, 0.25) is 11.8 Å². The molecule has 36 heavy (non-hydrogen) atoms. The zero-order chi connectivity index (χ0) is 25.6. The third-order valence-electron chi connectivity index (χ3n) is 7.17. The minimum Gasteiger partial charge on any atom is -0.508 e. The molecule has 1 aliphatic heterocycles. The zero-order valence-electron chi connectivity index (χ0n) is 19.3. The van der Waals surface area contributed by atoms with Crippen LogP contribution in [0.4, 0.5) is 4.39 Å². The summed E-state index contributed by atoms with van der Waals surface area (Å²) >= 11 is 5.84. The number of primary amides is 1. The number of hydrogen-bond donors (Lipinski definition) is 3. The van der Waals surface area contributed by atoms with Crippen molar-refractivity contribution < 1.29 is 23.9 Å². The quantitative estimate of drug-likeness (QED) is 0.466. The summed E-state index contributed by atoms with van der Waals surface area (Å²) in [7, 11) is 0. The number of phenols is 1. The van der Waals surface area contributed by atoms with E-state index in [1.54, 1.807) is 17.0 Å². The molecule has 1 saturated carbocycles. The number of benzene rings is 2. The molecule has 2 fully saturated rings. The second-order valence-electron chi connectivity index (χ2n) is 9.31. The van der Waals surface area contributed by atoms with E-state index in [1.165, 1.54) is 28.9 Å². The zero-order valence-corrected chi connectivity index (χ0v) is 20.0. The van der Waals surface area contributed by atoms with Gasteiger partial charge in [0.15, 0.2) is 5.69 Å². The fourth-order valence-electron chi connectivity index (χ4n) is 5.54. The molecule has 0 bridgehead atoms. The molecule has 3 amide bonds. The van der Waals surface area contributed by atoms with Gasteiger partial charge in [-0.1, -0.05) is 30.2 Å². The fourth-order valence-corrected chi connectivity index (χ4v) is 5.74. The molecule has 0 radical (unpaired) electrons. The number of carbonyl (C=O) groups excluding carboxylic acids is 3. The Morgan fingerprint density at radius 3 is 2.81 bits per heavy atom. The second kappa shape index (κ2) is 9.42. The summed E-state index contributed by atoms with van der Waals surface area (Å²) in [6.07, 6.45) is 3.20. The predicted molar refractivity (Wildman–Crippen MR) is 130 cm³/mol. The lowest BCUT2D eigenvalue weighted by Crippen LogP contribution is -2.49. The van der Waals surface area contributed by atoms with Crippen LogP contribution >= 0.6 is 11.6 Å². The minimum atomic E-state index is -0.751. The van der Waals surface area contributed by atoms with Crippen LogP contribution in [0.15, 0.2) is 36.4 Å². The fraction of sp³-hybridized carbons (Fsp3) is 0.360. The Morgan fingerprint density at radius 2 is 2.03 bits per heavy atom. The highest BCUT2D eigenvalue weighted by Crippen LogP contribution is 2.41.